The molecule has 4 heteroatoms. The van der Waals surface area contributed by atoms with Crippen LogP contribution in [0.15, 0.2) is 18.6 Å². The second kappa shape index (κ2) is 3.77. The Bertz CT molecular complexity index is 260. The fraction of sp³-hybridized carbons (Fsp3) is 0.556. The molecule has 0 saturated heterocycles. The van der Waals surface area contributed by atoms with Crippen molar-refractivity contribution in [3.63, 3.8) is 0 Å². The van der Waals surface area contributed by atoms with E-state index in [1.807, 2.05) is 0 Å². The normalized spacial score (nSPS) is 12.1. The highest BCUT2D eigenvalue weighted by molar-refractivity contribution is 5.01. The molecule has 0 amide bonds. The van der Waals surface area contributed by atoms with Gasteiger partial charge in [0.25, 0.3) is 5.92 Å². The van der Waals surface area contributed by atoms with E-state index in [9.17, 15) is 8.78 Å². The van der Waals surface area contributed by atoms with Gasteiger partial charge in [-0.25, -0.2) is 18.7 Å². The molecule has 0 aliphatic rings. The zero-order valence-corrected chi connectivity index (χ0v) is 7.67. The van der Waals surface area contributed by atoms with Gasteiger partial charge in [-0.2, -0.15) is 0 Å². The van der Waals surface area contributed by atoms with Gasteiger partial charge in [0.15, 0.2) is 0 Å². The van der Waals surface area contributed by atoms with E-state index in [2.05, 4.69) is 9.97 Å². The molecule has 72 valence electrons. The molecule has 0 N–H and O–H groups in total. The summed E-state index contributed by atoms with van der Waals surface area (Å²) in [4.78, 5) is 7.42. The molecule has 2 nitrogen and oxygen atoms in total. The number of hydrogen-bond acceptors (Lipinski definition) is 2. The van der Waals surface area contributed by atoms with E-state index in [4.69, 9.17) is 0 Å². The molecular weight excluding hydrogens is 174 g/mol. The minimum Gasteiger partial charge on any atom is -0.245 e. The van der Waals surface area contributed by atoms with E-state index < -0.39 is 11.8 Å². The van der Waals surface area contributed by atoms with Crippen LogP contribution in [0.3, 0.4) is 0 Å². The molecule has 0 saturated carbocycles. The molecule has 1 aromatic heterocycles. The minimum atomic E-state index is -2.69. The maximum absolute atomic E-state index is 13.2. The number of rotatable bonds is 3. The van der Waals surface area contributed by atoms with Crippen LogP contribution in [-0.4, -0.2) is 15.9 Å². The van der Waals surface area contributed by atoms with Gasteiger partial charge in [0.2, 0.25) is 0 Å². The van der Waals surface area contributed by atoms with Crippen molar-refractivity contribution in [2.45, 2.75) is 26.2 Å². The number of halogens is 2. The molecule has 0 spiro atoms. The van der Waals surface area contributed by atoms with E-state index in [0.717, 1.165) is 0 Å². The Morgan fingerprint density at radius 1 is 1.46 bits per heavy atom. The lowest BCUT2D eigenvalue weighted by atomic mass is 10.0. The van der Waals surface area contributed by atoms with Crippen LogP contribution in [0.1, 0.15) is 19.5 Å². The summed E-state index contributed by atoms with van der Waals surface area (Å²) < 4.78 is 26.3. The molecule has 0 unspecified atom stereocenters. The van der Waals surface area contributed by atoms with Crippen LogP contribution in [-0.2, 0) is 6.42 Å². The summed E-state index contributed by atoms with van der Waals surface area (Å²) in [5.74, 6) is -3.35. The third-order valence-corrected chi connectivity index (χ3v) is 1.90. The van der Waals surface area contributed by atoms with Crippen molar-refractivity contribution in [3.05, 3.63) is 24.3 Å². The Kier molecular flexibility index (Phi) is 2.90. The van der Waals surface area contributed by atoms with Crippen molar-refractivity contribution in [2.24, 2.45) is 5.92 Å². The first-order chi connectivity index (χ1) is 6.02. The van der Waals surface area contributed by atoms with Gasteiger partial charge in [-0.3, -0.25) is 0 Å². The Balaban J connectivity index is 2.69. The number of hydrogen-bond donors (Lipinski definition) is 0. The largest absolute Gasteiger partial charge is 0.255 e. The number of aromatic nitrogens is 2. The Morgan fingerprint density at radius 3 is 2.62 bits per heavy atom. The molecule has 0 aromatic carbocycles. The SMILES string of the molecule is CC(C)C(F)(F)Cc1ccncn1. The van der Waals surface area contributed by atoms with Crippen molar-refractivity contribution in [3.8, 4) is 0 Å². The molecule has 1 aromatic rings. The molecule has 1 heterocycles. The van der Waals surface area contributed by atoms with Gasteiger partial charge < -0.3 is 0 Å². The molecule has 13 heavy (non-hydrogen) atoms. The zero-order chi connectivity index (χ0) is 9.90. The maximum atomic E-state index is 13.2. The smallest absolute Gasteiger partial charge is 0.245 e. The van der Waals surface area contributed by atoms with Gasteiger partial charge in [-0.1, -0.05) is 13.8 Å². The molecular formula is C9H12F2N2. The highest BCUT2D eigenvalue weighted by atomic mass is 19.3. The monoisotopic (exact) mass is 186 g/mol. The quantitative estimate of drug-likeness (QED) is 0.723. The average molecular weight is 186 g/mol. The Morgan fingerprint density at radius 2 is 2.15 bits per heavy atom. The Hall–Kier alpha value is -1.06. The summed E-state index contributed by atoms with van der Waals surface area (Å²) in [5, 5.41) is 0. The highest BCUT2D eigenvalue weighted by Crippen LogP contribution is 2.27. The summed E-state index contributed by atoms with van der Waals surface area (Å²) in [6.07, 6.45) is 2.44. The first-order valence-corrected chi connectivity index (χ1v) is 4.15. The van der Waals surface area contributed by atoms with E-state index in [-0.39, 0.29) is 6.42 Å². The number of nitrogens with zero attached hydrogens (tertiary/aromatic N) is 2. The van der Waals surface area contributed by atoms with E-state index in [1.54, 1.807) is 0 Å². The topological polar surface area (TPSA) is 25.8 Å². The van der Waals surface area contributed by atoms with Gasteiger partial charge in [0, 0.05) is 17.8 Å². The van der Waals surface area contributed by atoms with E-state index >= 15 is 0 Å². The standard InChI is InChI=1S/C9H12F2N2/c1-7(2)9(10,11)5-8-3-4-12-6-13-8/h3-4,6-7H,5H2,1-2H3. The van der Waals surface area contributed by atoms with Crippen LogP contribution in [0.4, 0.5) is 8.78 Å². The molecule has 0 aliphatic heterocycles. The lowest BCUT2D eigenvalue weighted by Crippen LogP contribution is -2.27. The highest BCUT2D eigenvalue weighted by Gasteiger charge is 2.33. The van der Waals surface area contributed by atoms with Crippen molar-refractivity contribution in [1.29, 1.82) is 0 Å². The van der Waals surface area contributed by atoms with Crippen LogP contribution in [0.25, 0.3) is 0 Å². The summed E-state index contributed by atoms with van der Waals surface area (Å²) in [5.41, 5.74) is 0.383. The van der Waals surface area contributed by atoms with Gasteiger partial charge in [0.05, 0.1) is 6.42 Å². The Labute approximate surface area is 76.0 Å². The van der Waals surface area contributed by atoms with Crippen molar-refractivity contribution >= 4 is 0 Å². The van der Waals surface area contributed by atoms with Gasteiger partial charge in [-0.15, -0.1) is 0 Å². The number of alkyl halides is 2. The second-order valence-electron chi connectivity index (χ2n) is 3.29. The molecule has 0 atom stereocenters. The summed E-state index contributed by atoms with van der Waals surface area (Å²) in [6, 6.07) is 1.51. The maximum Gasteiger partial charge on any atom is 0.255 e. The third kappa shape index (κ3) is 2.72. The lowest BCUT2D eigenvalue weighted by molar-refractivity contribution is -0.0447. The van der Waals surface area contributed by atoms with Crippen LogP contribution >= 0.6 is 0 Å². The van der Waals surface area contributed by atoms with Gasteiger partial charge in [0.1, 0.15) is 6.33 Å². The minimum absolute atomic E-state index is 0.312. The first-order valence-electron chi connectivity index (χ1n) is 4.15. The van der Waals surface area contributed by atoms with Gasteiger partial charge >= 0.3 is 0 Å². The van der Waals surface area contributed by atoms with E-state index in [0.29, 0.717) is 5.69 Å². The summed E-state index contributed by atoms with van der Waals surface area (Å²) >= 11 is 0. The van der Waals surface area contributed by atoms with Gasteiger partial charge in [-0.05, 0) is 6.07 Å². The van der Waals surface area contributed by atoms with Crippen LogP contribution in [0.5, 0.6) is 0 Å². The zero-order valence-electron chi connectivity index (χ0n) is 7.67. The second-order valence-corrected chi connectivity index (χ2v) is 3.29. The fourth-order valence-electron chi connectivity index (χ4n) is 0.868. The predicted octanol–water partition coefficient (Wildman–Crippen LogP) is 2.31. The van der Waals surface area contributed by atoms with E-state index in [1.165, 1.54) is 32.4 Å². The van der Waals surface area contributed by atoms with Crippen molar-refractivity contribution in [1.82, 2.24) is 9.97 Å². The first kappa shape index (κ1) is 10.0. The fourth-order valence-corrected chi connectivity index (χ4v) is 0.868. The average Bonchev–Trinajstić information content (AvgIpc) is 2.05. The third-order valence-electron chi connectivity index (χ3n) is 1.90. The van der Waals surface area contributed by atoms with Crippen LogP contribution < -0.4 is 0 Å². The lowest BCUT2D eigenvalue weighted by Gasteiger charge is -2.19. The molecule has 0 fully saturated rings. The molecule has 0 radical (unpaired) electrons. The van der Waals surface area contributed by atoms with Crippen LogP contribution in [0, 0.1) is 5.92 Å². The predicted molar refractivity (Wildman–Crippen MR) is 45.5 cm³/mol. The molecule has 0 aliphatic carbocycles. The summed E-state index contributed by atoms with van der Waals surface area (Å²) in [7, 11) is 0. The van der Waals surface area contributed by atoms with Crippen LogP contribution in [0.2, 0.25) is 0 Å². The molecule has 1 rings (SSSR count). The van der Waals surface area contributed by atoms with Crippen molar-refractivity contribution < 1.29 is 8.78 Å². The van der Waals surface area contributed by atoms with Crippen molar-refractivity contribution in [2.75, 3.05) is 0 Å². The molecule has 0 bridgehead atoms. The summed E-state index contributed by atoms with van der Waals surface area (Å²) in [6.45, 7) is 3.00.